The molecule has 0 rings (SSSR count). The summed E-state index contributed by atoms with van der Waals surface area (Å²) in [6.07, 6.45) is -5.50. The van der Waals surface area contributed by atoms with Gasteiger partial charge in [-0.05, 0) is 0 Å². The molecule has 0 radical (unpaired) electrons. The van der Waals surface area contributed by atoms with Crippen molar-refractivity contribution < 1.29 is 27.0 Å². The summed E-state index contributed by atoms with van der Waals surface area (Å²) in [4.78, 5) is 0. The number of alkyl halides is 4. The molecule has 7 heteroatoms. The maximum Gasteiger partial charge on any atom is 2.00 e. The van der Waals surface area contributed by atoms with Crippen LogP contribution in [0, 0.1) is 0 Å². The van der Waals surface area contributed by atoms with Gasteiger partial charge in [-0.15, -0.1) is 17.6 Å². The van der Waals surface area contributed by atoms with Crippen LogP contribution in [0.25, 0.3) is 0 Å². The Bertz CT molecular complexity index is 24.0. The van der Waals surface area contributed by atoms with E-state index in [0.717, 1.165) is 0 Å². The van der Waals surface area contributed by atoms with Gasteiger partial charge in [-0.3, -0.25) is 0 Å². The third-order valence-electron chi connectivity index (χ3n) is 0. The Hall–Kier alpha value is 0.346. The molecule has 0 N–H and O–H groups in total. The molecule has 0 saturated heterocycles. The van der Waals surface area contributed by atoms with E-state index in [4.69, 9.17) is 0 Å². The van der Waals surface area contributed by atoms with Gasteiger partial charge >= 0.3 is 29.5 Å². The average Bonchev–Trinajstić information content (AvgIpc) is 0.722. The zero-order chi connectivity index (χ0) is 4.50. The van der Waals surface area contributed by atoms with Crippen LogP contribution in [0.1, 0.15) is 0 Å². The SMILES string of the molecule is FC(F)(F)F.[F-].[F-].[Mg+2]. The maximum atomic E-state index is 9.69. The topological polar surface area (TPSA) is 0 Å². The first-order valence-electron chi connectivity index (χ1n) is 0.756. The van der Waals surface area contributed by atoms with Gasteiger partial charge in [-0.2, -0.15) is 0 Å². The molecule has 0 aliphatic rings. The fraction of sp³-hybridized carbons (Fsp3) is 1.00. The molecule has 0 aromatic heterocycles. The largest absolute Gasteiger partial charge is 2.00 e. The van der Waals surface area contributed by atoms with Crippen LogP contribution >= 0.6 is 0 Å². The van der Waals surface area contributed by atoms with Crippen LogP contribution in [-0.4, -0.2) is 29.5 Å². The molecule has 48 valence electrons. The van der Waals surface area contributed by atoms with E-state index in [1.807, 2.05) is 0 Å². The van der Waals surface area contributed by atoms with Crippen LogP contribution in [0.4, 0.5) is 17.6 Å². The Balaban J connectivity index is -0.0000000267. The van der Waals surface area contributed by atoms with Crippen LogP contribution in [0.15, 0.2) is 0 Å². The van der Waals surface area contributed by atoms with Crippen molar-refractivity contribution in [2.45, 2.75) is 6.43 Å². The van der Waals surface area contributed by atoms with Crippen LogP contribution in [0.5, 0.6) is 0 Å². The maximum absolute atomic E-state index is 9.69. The van der Waals surface area contributed by atoms with Gasteiger partial charge in [0.15, 0.2) is 0 Å². The van der Waals surface area contributed by atoms with Gasteiger partial charge in [0.1, 0.15) is 0 Å². The van der Waals surface area contributed by atoms with Crippen molar-refractivity contribution in [1.29, 1.82) is 0 Å². The van der Waals surface area contributed by atoms with Gasteiger partial charge in [-0.1, -0.05) is 0 Å². The van der Waals surface area contributed by atoms with E-state index in [2.05, 4.69) is 0 Å². The molecule has 8 heavy (non-hydrogen) atoms. The molecule has 0 nitrogen and oxygen atoms in total. The minimum absolute atomic E-state index is 0. The van der Waals surface area contributed by atoms with E-state index >= 15 is 0 Å². The van der Waals surface area contributed by atoms with Gasteiger partial charge in [-0.25, -0.2) is 0 Å². The first-order chi connectivity index (χ1) is 2.00. The van der Waals surface area contributed by atoms with E-state index < -0.39 is 6.43 Å². The number of hydrogen-bond acceptors (Lipinski definition) is 0. The zero-order valence-electron chi connectivity index (χ0n) is 3.47. The van der Waals surface area contributed by atoms with Gasteiger partial charge in [0.05, 0.1) is 0 Å². The molecular weight excluding hydrogens is 150 g/mol. The summed E-state index contributed by atoms with van der Waals surface area (Å²) in [5.41, 5.74) is 0. The van der Waals surface area contributed by atoms with Crippen LogP contribution < -0.4 is 9.41 Å². The molecule has 0 spiro atoms. The second-order valence-electron chi connectivity index (χ2n) is 0.429. The van der Waals surface area contributed by atoms with E-state index in [9.17, 15) is 17.6 Å². The quantitative estimate of drug-likeness (QED) is 0.240. The molecule has 0 unspecified atom stereocenters. The van der Waals surface area contributed by atoms with Gasteiger partial charge in [0.2, 0.25) is 0 Å². The molecule has 0 amide bonds. The molecular formula is CF6Mg. The normalized spacial score (nSPS) is 7.50. The third kappa shape index (κ3) is 1510. The smallest absolute Gasteiger partial charge is 1.00 e. The van der Waals surface area contributed by atoms with Crippen molar-refractivity contribution in [1.82, 2.24) is 0 Å². The molecule has 0 fully saturated rings. The summed E-state index contributed by atoms with van der Waals surface area (Å²) in [5.74, 6) is 0. The third-order valence-corrected chi connectivity index (χ3v) is 0. The predicted molar refractivity (Wildman–Crippen MR) is 12.9 cm³/mol. The molecule has 0 aliphatic heterocycles. The standard InChI is InChI=1S/CF4.2FH.Mg/c2-1(3,4)5;;;/h;2*1H;/q;;;+2/p-2. The zero-order valence-corrected chi connectivity index (χ0v) is 4.89. The molecule has 0 saturated carbocycles. The van der Waals surface area contributed by atoms with E-state index in [0.29, 0.717) is 0 Å². The summed E-state index contributed by atoms with van der Waals surface area (Å²) in [5, 5.41) is 0. The van der Waals surface area contributed by atoms with Crippen molar-refractivity contribution in [3.8, 4) is 0 Å². The molecule has 0 aromatic carbocycles. The fourth-order valence-corrected chi connectivity index (χ4v) is 0. The van der Waals surface area contributed by atoms with E-state index in [1.54, 1.807) is 0 Å². The minimum atomic E-state index is -5.50. The summed E-state index contributed by atoms with van der Waals surface area (Å²) in [6, 6.07) is 0. The average molecular weight is 150 g/mol. The van der Waals surface area contributed by atoms with Crippen LogP contribution in [0.3, 0.4) is 0 Å². The Morgan fingerprint density at radius 2 is 0.750 bits per heavy atom. The van der Waals surface area contributed by atoms with Crippen LogP contribution in [-0.2, 0) is 0 Å². The molecule has 0 atom stereocenters. The van der Waals surface area contributed by atoms with Crippen LogP contribution in [0.2, 0.25) is 0 Å². The summed E-state index contributed by atoms with van der Waals surface area (Å²) < 4.78 is 38.8. The number of hydrogen-bond donors (Lipinski definition) is 0. The van der Waals surface area contributed by atoms with Crippen molar-refractivity contribution >= 4 is 23.1 Å². The van der Waals surface area contributed by atoms with E-state index in [-0.39, 0.29) is 32.5 Å². The number of halogens is 6. The van der Waals surface area contributed by atoms with Gasteiger partial charge in [0, 0.05) is 0 Å². The van der Waals surface area contributed by atoms with Crippen molar-refractivity contribution in [2.24, 2.45) is 0 Å². The predicted octanol–water partition coefficient (Wildman–Crippen LogP) is -4.90. The molecule has 0 aliphatic carbocycles. The Kier molecular flexibility index (Phi) is 21.9. The molecule has 0 aromatic rings. The van der Waals surface area contributed by atoms with Crippen molar-refractivity contribution in [3.63, 3.8) is 0 Å². The van der Waals surface area contributed by atoms with E-state index in [1.165, 1.54) is 0 Å². The minimum Gasteiger partial charge on any atom is -1.00 e. The molecule has 0 heterocycles. The summed E-state index contributed by atoms with van der Waals surface area (Å²) >= 11 is 0. The summed E-state index contributed by atoms with van der Waals surface area (Å²) in [7, 11) is 0. The second kappa shape index (κ2) is 7.35. The van der Waals surface area contributed by atoms with Gasteiger partial charge in [0.25, 0.3) is 0 Å². The monoisotopic (exact) mass is 150 g/mol. The number of rotatable bonds is 0. The summed E-state index contributed by atoms with van der Waals surface area (Å²) in [6.45, 7) is 0. The second-order valence-corrected chi connectivity index (χ2v) is 0.429. The van der Waals surface area contributed by atoms with Gasteiger partial charge < -0.3 is 9.41 Å². The Labute approximate surface area is 57.1 Å². The van der Waals surface area contributed by atoms with Crippen molar-refractivity contribution in [3.05, 3.63) is 0 Å². The molecule has 0 bridgehead atoms. The van der Waals surface area contributed by atoms with Crippen molar-refractivity contribution in [2.75, 3.05) is 0 Å². The Morgan fingerprint density at radius 1 is 0.750 bits per heavy atom. The Morgan fingerprint density at radius 3 is 0.750 bits per heavy atom. The first kappa shape index (κ1) is 23.8. The first-order valence-corrected chi connectivity index (χ1v) is 0.756. The fourth-order valence-electron chi connectivity index (χ4n) is 0.